The number of hydrogen-bond acceptors (Lipinski definition) is 6. The summed E-state index contributed by atoms with van der Waals surface area (Å²) in [5, 5.41) is 3.96. The maximum absolute atomic E-state index is 12.4. The minimum atomic E-state index is -0.516. The predicted octanol–water partition coefficient (Wildman–Crippen LogP) is 4.08. The summed E-state index contributed by atoms with van der Waals surface area (Å²) in [6.45, 7) is 2.44. The van der Waals surface area contributed by atoms with Crippen LogP contribution < -0.4 is 19.6 Å². The molecule has 0 spiro atoms. The topological polar surface area (TPSA) is 86.2 Å². The van der Waals surface area contributed by atoms with E-state index < -0.39 is 5.97 Å². The van der Waals surface area contributed by atoms with Crippen LogP contribution in [-0.2, 0) is 0 Å². The monoisotopic (exact) mass is 418 g/mol. The van der Waals surface area contributed by atoms with Crippen molar-refractivity contribution >= 4 is 18.1 Å². The Morgan fingerprint density at radius 3 is 2.35 bits per heavy atom. The van der Waals surface area contributed by atoms with E-state index in [2.05, 4.69) is 10.5 Å². The van der Waals surface area contributed by atoms with Crippen LogP contribution in [0.2, 0.25) is 0 Å². The van der Waals surface area contributed by atoms with Crippen LogP contribution in [0.25, 0.3) is 0 Å². The Morgan fingerprint density at radius 1 is 0.935 bits per heavy atom. The Bertz CT molecular complexity index is 1060. The van der Waals surface area contributed by atoms with Gasteiger partial charge in [0, 0.05) is 5.56 Å². The lowest BCUT2D eigenvalue weighted by molar-refractivity contribution is 0.0729. The summed E-state index contributed by atoms with van der Waals surface area (Å²) in [5.41, 5.74) is 4.02. The molecule has 0 bridgehead atoms. The smallest absolute Gasteiger partial charge is 0.343 e. The second-order valence-corrected chi connectivity index (χ2v) is 6.32. The number of carbonyl (C=O) groups excluding carboxylic acids is 2. The lowest BCUT2D eigenvalue weighted by atomic mass is 10.2. The molecular weight excluding hydrogens is 396 g/mol. The molecule has 3 aromatic rings. The zero-order valence-electron chi connectivity index (χ0n) is 17.2. The molecule has 0 unspecified atom stereocenters. The Morgan fingerprint density at radius 2 is 1.68 bits per heavy atom. The summed E-state index contributed by atoms with van der Waals surface area (Å²) in [4.78, 5) is 24.4. The number of rotatable bonds is 8. The molecule has 0 aliphatic rings. The summed E-state index contributed by atoms with van der Waals surface area (Å²) in [7, 11) is 1.47. The number of hydrogen-bond donors (Lipinski definition) is 1. The van der Waals surface area contributed by atoms with Crippen molar-refractivity contribution in [2.24, 2.45) is 5.10 Å². The van der Waals surface area contributed by atoms with Gasteiger partial charge in [-0.15, -0.1) is 0 Å². The van der Waals surface area contributed by atoms with Crippen molar-refractivity contribution in [3.05, 3.63) is 89.5 Å². The Labute approximate surface area is 180 Å². The van der Waals surface area contributed by atoms with Gasteiger partial charge in [-0.1, -0.05) is 18.2 Å². The highest BCUT2D eigenvalue weighted by atomic mass is 16.6. The van der Waals surface area contributed by atoms with Crippen LogP contribution in [0.3, 0.4) is 0 Å². The average molecular weight is 418 g/mol. The Kier molecular flexibility index (Phi) is 7.37. The molecule has 7 nitrogen and oxygen atoms in total. The van der Waals surface area contributed by atoms with Crippen molar-refractivity contribution in [2.45, 2.75) is 6.92 Å². The van der Waals surface area contributed by atoms with Gasteiger partial charge < -0.3 is 14.2 Å². The van der Waals surface area contributed by atoms with Gasteiger partial charge in [0.2, 0.25) is 0 Å². The summed E-state index contributed by atoms with van der Waals surface area (Å²) >= 11 is 0. The molecule has 0 aliphatic carbocycles. The predicted molar refractivity (Wildman–Crippen MR) is 117 cm³/mol. The summed E-state index contributed by atoms with van der Waals surface area (Å²) in [5.74, 6) is 0.478. The van der Waals surface area contributed by atoms with E-state index in [-0.39, 0.29) is 11.7 Å². The summed E-state index contributed by atoms with van der Waals surface area (Å²) in [6, 6.07) is 20.4. The number of nitrogens with one attached hydrogen (secondary N) is 1. The SMILES string of the molecule is CCOc1ccc(C(=O)Oc2ccc(C=NNC(=O)c3ccccc3)cc2OC)cc1. The van der Waals surface area contributed by atoms with Gasteiger partial charge in [-0.25, -0.2) is 10.2 Å². The van der Waals surface area contributed by atoms with E-state index in [0.717, 1.165) is 0 Å². The summed E-state index contributed by atoms with van der Waals surface area (Å²) < 4.78 is 16.2. The highest BCUT2D eigenvalue weighted by Crippen LogP contribution is 2.28. The van der Waals surface area contributed by atoms with Crippen LogP contribution in [0.15, 0.2) is 77.9 Å². The van der Waals surface area contributed by atoms with Crippen molar-refractivity contribution in [1.82, 2.24) is 5.43 Å². The molecule has 1 N–H and O–H groups in total. The quantitative estimate of drug-likeness (QED) is 0.258. The van der Waals surface area contributed by atoms with Gasteiger partial charge >= 0.3 is 5.97 Å². The molecule has 0 radical (unpaired) electrons. The third-order valence-electron chi connectivity index (χ3n) is 4.21. The van der Waals surface area contributed by atoms with Gasteiger partial charge in [0.15, 0.2) is 11.5 Å². The van der Waals surface area contributed by atoms with E-state index in [1.54, 1.807) is 66.7 Å². The first-order valence-electron chi connectivity index (χ1n) is 9.62. The Balaban J connectivity index is 1.65. The second kappa shape index (κ2) is 10.6. The molecule has 7 heteroatoms. The van der Waals surface area contributed by atoms with Crippen LogP contribution in [0.5, 0.6) is 17.2 Å². The standard InChI is InChI=1S/C24H22N2O5/c1-3-30-20-12-10-19(11-13-20)24(28)31-21-14-9-17(15-22(21)29-2)16-25-26-23(27)18-7-5-4-6-8-18/h4-16H,3H2,1-2H3,(H,26,27). The molecule has 0 heterocycles. The van der Waals surface area contributed by atoms with Crippen molar-refractivity contribution < 1.29 is 23.8 Å². The highest BCUT2D eigenvalue weighted by Gasteiger charge is 2.13. The van der Waals surface area contributed by atoms with Gasteiger partial charge in [-0.3, -0.25) is 4.79 Å². The number of amides is 1. The van der Waals surface area contributed by atoms with Crippen molar-refractivity contribution in [2.75, 3.05) is 13.7 Å². The average Bonchev–Trinajstić information content (AvgIpc) is 2.81. The van der Waals surface area contributed by atoms with Crippen LogP contribution in [0.4, 0.5) is 0 Å². The first-order valence-corrected chi connectivity index (χ1v) is 9.62. The van der Waals surface area contributed by atoms with Crippen molar-refractivity contribution in [3.63, 3.8) is 0 Å². The van der Waals surface area contributed by atoms with E-state index in [9.17, 15) is 9.59 Å². The molecule has 31 heavy (non-hydrogen) atoms. The van der Waals surface area contributed by atoms with E-state index in [1.165, 1.54) is 13.3 Å². The first-order chi connectivity index (χ1) is 15.1. The van der Waals surface area contributed by atoms with Gasteiger partial charge in [0.25, 0.3) is 5.91 Å². The van der Waals surface area contributed by atoms with Crippen LogP contribution >= 0.6 is 0 Å². The van der Waals surface area contributed by atoms with Crippen molar-refractivity contribution in [1.29, 1.82) is 0 Å². The van der Waals surface area contributed by atoms with Crippen molar-refractivity contribution in [3.8, 4) is 17.2 Å². The number of benzene rings is 3. The summed E-state index contributed by atoms with van der Waals surface area (Å²) in [6.07, 6.45) is 1.47. The maximum Gasteiger partial charge on any atom is 0.343 e. The van der Waals surface area contributed by atoms with E-state index in [1.807, 2.05) is 13.0 Å². The molecule has 3 aromatic carbocycles. The number of carbonyl (C=O) groups is 2. The third-order valence-corrected chi connectivity index (χ3v) is 4.21. The molecule has 0 saturated carbocycles. The van der Waals surface area contributed by atoms with Gasteiger partial charge in [-0.2, -0.15) is 5.10 Å². The third kappa shape index (κ3) is 5.93. The fourth-order valence-corrected chi connectivity index (χ4v) is 2.68. The molecule has 0 atom stereocenters. The minimum absolute atomic E-state index is 0.270. The van der Waals surface area contributed by atoms with Gasteiger partial charge in [0.1, 0.15) is 5.75 Å². The molecule has 0 saturated heterocycles. The molecule has 1 amide bonds. The Hall–Kier alpha value is -4.13. The fourth-order valence-electron chi connectivity index (χ4n) is 2.68. The number of nitrogens with zero attached hydrogens (tertiary/aromatic N) is 1. The molecule has 158 valence electrons. The van der Waals surface area contributed by atoms with Gasteiger partial charge in [-0.05, 0) is 67.1 Å². The van der Waals surface area contributed by atoms with Gasteiger partial charge in [0.05, 0.1) is 25.5 Å². The lowest BCUT2D eigenvalue weighted by Gasteiger charge is -2.10. The molecule has 0 aliphatic heterocycles. The van der Waals surface area contributed by atoms with E-state index in [4.69, 9.17) is 14.2 Å². The molecule has 3 rings (SSSR count). The van der Waals surface area contributed by atoms with Crippen LogP contribution in [0.1, 0.15) is 33.2 Å². The molecular formula is C24H22N2O5. The molecule has 0 fully saturated rings. The number of esters is 1. The van der Waals surface area contributed by atoms with Crippen LogP contribution in [-0.4, -0.2) is 31.8 Å². The van der Waals surface area contributed by atoms with E-state index in [0.29, 0.717) is 34.8 Å². The fraction of sp³-hybridized carbons (Fsp3) is 0.125. The number of hydrazone groups is 1. The number of ether oxygens (including phenoxy) is 3. The van der Waals surface area contributed by atoms with E-state index >= 15 is 0 Å². The first kappa shape index (κ1) is 21.6. The van der Waals surface area contributed by atoms with Crippen LogP contribution in [0, 0.1) is 0 Å². The minimum Gasteiger partial charge on any atom is -0.494 e. The maximum atomic E-state index is 12.4. The largest absolute Gasteiger partial charge is 0.494 e. The molecule has 0 aromatic heterocycles. The number of methoxy groups -OCH3 is 1. The zero-order valence-corrected chi connectivity index (χ0v) is 17.2. The second-order valence-electron chi connectivity index (χ2n) is 6.32. The lowest BCUT2D eigenvalue weighted by Crippen LogP contribution is -2.17. The normalized spacial score (nSPS) is 10.5. The highest BCUT2D eigenvalue weighted by molar-refractivity contribution is 5.95. The zero-order chi connectivity index (χ0) is 22.1.